The summed E-state index contributed by atoms with van der Waals surface area (Å²) in [5.41, 5.74) is -0.838. The Balaban J connectivity index is 2.79. The van der Waals surface area contributed by atoms with Crippen molar-refractivity contribution in [3.8, 4) is 6.01 Å². The van der Waals surface area contributed by atoms with E-state index in [0.717, 1.165) is 13.0 Å². The number of nitrogens with one attached hydrogen (secondary N) is 2. The number of ether oxygens (including phenoxy) is 1. The van der Waals surface area contributed by atoms with E-state index in [1.807, 2.05) is 6.92 Å². The van der Waals surface area contributed by atoms with Crippen molar-refractivity contribution >= 4 is 11.9 Å². The maximum atomic E-state index is 9.68. The normalized spacial score (nSPS) is 11.2. The third-order valence-electron chi connectivity index (χ3n) is 2.10. The van der Waals surface area contributed by atoms with E-state index in [1.54, 1.807) is 13.8 Å². The molecule has 0 amide bonds. The fraction of sp³-hybridized carbons (Fsp3) is 0.750. The molecule has 0 saturated carbocycles. The average Bonchev–Trinajstić information content (AvgIpc) is 2.33. The van der Waals surface area contributed by atoms with E-state index in [-0.39, 0.29) is 6.01 Å². The minimum absolute atomic E-state index is 0.273. The molecule has 0 aliphatic heterocycles. The summed E-state index contributed by atoms with van der Waals surface area (Å²) in [7, 11) is 0. The molecule has 1 aromatic rings. The van der Waals surface area contributed by atoms with Crippen LogP contribution in [0.5, 0.6) is 6.01 Å². The fourth-order valence-electron chi connectivity index (χ4n) is 1.24. The Morgan fingerprint density at radius 3 is 2.26 bits per heavy atom. The summed E-state index contributed by atoms with van der Waals surface area (Å²) in [6.07, 6.45) is 0.974. The summed E-state index contributed by atoms with van der Waals surface area (Å²) in [6.45, 7) is 8.96. The molecule has 19 heavy (non-hydrogen) atoms. The Bertz CT molecular complexity index is 392. The maximum Gasteiger partial charge on any atom is 0.323 e. The Hall–Kier alpha value is -1.63. The van der Waals surface area contributed by atoms with Crippen LogP contribution in [-0.2, 0) is 0 Å². The van der Waals surface area contributed by atoms with Gasteiger partial charge in [-0.15, -0.1) is 0 Å². The van der Waals surface area contributed by atoms with E-state index in [9.17, 15) is 5.11 Å². The second kappa shape index (κ2) is 7.08. The van der Waals surface area contributed by atoms with Gasteiger partial charge in [-0.2, -0.15) is 15.0 Å². The number of anilines is 2. The molecule has 0 bridgehead atoms. The minimum Gasteiger partial charge on any atom is -0.464 e. The molecule has 1 aromatic heterocycles. The highest BCUT2D eigenvalue weighted by Crippen LogP contribution is 2.12. The monoisotopic (exact) mass is 269 g/mol. The Morgan fingerprint density at radius 2 is 1.74 bits per heavy atom. The topological polar surface area (TPSA) is 92.2 Å². The van der Waals surface area contributed by atoms with Gasteiger partial charge < -0.3 is 20.5 Å². The summed E-state index contributed by atoms with van der Waals surface area (Å²) in [5.74, 6) is 0.859. The van der Waals surface area contributed by atoms with Gasteiger partial charge in [0, 0.05) is 13.1 Å². The average molecular weight is 269 g/mol. The van der Waals surface area contributed by atoms with Gasteiger partial charge in [-0.1, -0.05) is 6.92 Å². The Morgan fingerprint density at radius 1 is 1.11 bits per heavy atom. The number of hydrogen-bond donors (Lipinski definition) is 3. The zero-order valence-electron chi connectivity index (χ0n) is 12.0. The SMILES string of the molecule is CCCNc1nc(NCC(C)(C)O)nc(OCC)n1. The lowest BCUT2D eigenvalue weighted by molar-refractivity contribution is 0.0943. The van der Waals surface area contributed by atoms with Crippen molar-refractivity contribution < 1.29 is 9.84 Å². The zero-order valence-corrected chi connectivity index (χ0v) is 12.0. The molecule has 1 heterocycles. The van der Waals surface area contributed by atoms with Crippen LogP contribution >= 0.6 is 0 Å². The first-order valence-corrected chi connectivity index (χ1v) is 6.53. The summed E-state index contributed by atoms with van der Waals surface area (Å²) in [4.78, 5) is 12.5. The lowest BCUT2D eigenvalue weighted by Gasteiger charge is -2.18. The lowest BCUT2D eigenvalue weighted by Crippen LogP contribution is -2.30. The van der Waals surface area contributed by atoms with E-state index in [2.05, 4.69) is 32.5 Å². The van der Waals surface area contributed by atoms with E-state index in [0.29, 0.717) is 25.0 Å². The van der Waals surface area contributed by atoms with Crippen molar-refractivity contribution in [2.45, 2.75) is 39.7 Å². The van der Waals surface area contributed by atoms with E-state index in [1.165, 1.54) is 0 Å². The van der Waals surface area contributed by atoms with E-state index < -0.39 is 5.60 Å². The molecule has 1 rings (SSSR count). The highest BCUT2D eigenvalue weighted by molar-refractivity contribution is 5.36. The largest absolute Gasteiger partial charge is 0.464 e. The molecule has 7 heteroatoms. The van der Waals surface area contributed by atoms with Gasteiger partial charge in [-0.3, -0.25) is 0 Å². The van der Waals surface area contributed by atoms with Crippen LogP contribution in [0, 0.1) is 0 Å². The first kappa shape index (κ1) is 15.4. The van der Waals surface area contributed by atoms with Gasteiger partial charge >= 0.3 is 6.01 Å². The summed E-state index contributed by atoms with van der Waals surface area (Å²) >= 11 is 0. The van der Waals surface area contributed by atoms with Crippen molar-refractivity contribution in [2.75, 3.05) is 30.3 Å². The standard InChI is InChI=1S/C12H23N5O2/c1-5-7-13-9-15-10(14-8-12(3,4)18)17-11(16-9)19-6-2/h18H,5-8H2,1-4H3,(H2,13,14,15,16,17). The lowest BCUT2D eigenvalue weighted by atomic mass is 10.1. The number of aromatic nitrogens is 3. The molecule has 0 aliphatic carbocycles. The molecule has 108 valence electrons. The summed E-state index contributed by atoms with van der Waals surface area (Å²) < 4.78 is 5.29. The Kier molecular flexibility index (Phi) is 5.75. The first-order valence-electron chi connectivity index (χ1n) is 6.53. The second-order valence-electron chi connectivity index (χ2n) is 4.79. The van der Waals surface area contributed by atoms with Crippen molar-refractivity contribution in [3.05, 3.63) is 0 Å². The van der Waals surface area contributed by atoms with Crippen LogP contribution in [0.15, 0.2) is 0 Å². The Labute approximate surface area is 113 Å². The predicted molar refractivity (Wildman–Crippen MR) is 74.6 cm³/mol. The van der Waals surface area contributed by atoms with Crippen molar-refractivity contribution in [1.82, 2.24) is 15.0 Å². The van der Waals surface area contributed by atoms with E-state index >= 15 is 0 Å². The fourth-order valence-corrected chi connectivity index (χ4v) is 1.24. The van der Waals surface area contributed by atoms with Crippen LogP contribution < -0.4 is 15.4 Å². The highest BCUT2D eigenvalue weighted by atomic mass is 16.5. The molecule has 0 radical (unpaired) electrons. The predicted octanol–water partition coefficient (Wildman–Crippen LogP) is 1.28. The van der Waals surface area contributed by atoms with Gasteiger partial charge in [-0.25, -0.2) is 0 Å². The molecule has 0 fully saturated rings. The number of aliphatic hydroxyl groups is 1. The van der Waals surface area contributed by atoms with Gasteiger partial charge in [0.25, 0.3) is 0 Å². The van der Waals surface area contributed by atoms with Crippen LogP contribution in [0.3, 0.4) is 0 Å². The van der Waals surface area contributed by atoms with Crippen molar-refractivity contribution in [2.24, 2.45) is 0 Å². The summed E-state index contributed by atoms with van der Waals surface area (Å²) in [5, 5.41) is 15.7. The van der Waals surface area contributed by atoms with Gasteiger partial charge in [0.1, 0.15) is 0 Å². The number of nitrogens with zero attached hydrogens (tertiary/aromatic N) is 3. The second-order valence-corrected chi connectivity index (χ2v) is 4.79. The van der Waals surface area contributed by atoms with Crippen LogP contribution in [0.2, 0.25) is 0 Å². The van der Waals surface area contributed by atoms with Gasteiger partial charge in [-0.05, 0) is 27.2 Å². The molecule has 0 saturated heterocycles. The highest BCUT2D eigenvalue weighted by Gasteiger charge is 2.14. The molecule has 0 unspecified atom stereocenters. The number of hydrogen-bond acceptors (Lipinski definition) is 7. The molecule has 7 nitrogen and oxygen atoms in total. The van der Waals surface area contributed by atoms with E-state index in [4.69, 9.17) is 4.74 Å². The molecule has 3 N–H and O–H groups in total. The molecular formula is C12H23N5O2. The quantitative estimate of drug-likeness (QED) is 0.654. The third kappa shape index (κ3) is 6.19. The zero-order chi connectivity index (χ0) is 14.3. The van der Waals surface area contributed by atoms with Crippen molar-refractivity contribution in [1.29, 1.82) is 0 Å². The molecular weight excluding hydrogens is 246 g/mol. The van der Waals surface area contributed by atoms with Crippen LogP contribution in [0.1, 0.15) is 34.1 Å². The first-order chi connectivity index (χ1) is 8.94. The number of rotatable bonds is 8. The third-order valence-corrected chi connectivity index (χ3v) is 2.10. The molecule has 0 aliphatic rings. The molecule has 0 aromatic carbocycles. The van der Waals surface area contributed by atoms with Crippen LogP contribution in [-0.4, -0.2) is 45.4 Å². The minimum atomic E-state index is -0.838. The summed E-state index contributed by atoms with van der Waals surface area (Å²) in [6, 6.07) is 0.273. The van der Waals surface area contributed by atoms with Gasteiger partial charge in [0.2, 0.25) is 11.9 Å². The van der Waals surface area contributed by atoms with Crippen molar-refractivity contribution in [3.63, 3.8) is 0 Å². The molecule has 0 spiro atoms. The van der Waals surface area contributed by atoms with Crippen LogP contribution in [0.4, 0.5) is 11.9 Å². The maximum absolute atomic E-state index is 9.68. The van der Waals surface area contributed by atoms with Gasteiger partial charge in [0.05, 0.1) is 12.2 Å². The van der Waals surface area contributed by atoms with Crippen LogP contribution in [0.25, 0.3) is 0 Å². The molecule has 0 atom stereocenters. The smallest absolute Gasteiger partial charge is 0.323 e. The van der Waals surface area contributed by atoms with Gasteiger partial charge in [0.15, 0.2) is 0 Å².